The quantitative estimate of drug-likeness (QED) is 0.713. The molecule has 2 heterocycles. The van der Waals surface area contributed by atoms with Gasteiger partial charge in [0.15, 0.2) is 10.6 Å². The Labute approximate surface area is 169 Å². The fourth-order valence-electron chi connectivity index (χ4n) is 4.95. The minimum absolute atomic E-state index is 0.0700. The first-order valence-corrected chi connectivity index (χ1v) is 11.8. The highest BCUT2D eigenvalue weighted by Gasteiger charge is 2.34. The molecule has 0 saturated heterocycles. The number of aryl methyl sites for hydroxylation is 3. The maximum atomic E-state index is 13.3. The van der Waals surface area contributed by atoms with E-state index in [2.05, 4.69) is 23.4 Å². The van der Waals surface area contributed by atoms with Crippen LogP contribution in [0, 0.1) is 4.78 Å². The van der Waals surface area contributed by atoms with Crippen LogP contribution in [0.25, 0.3) is 0 Å². The van der Waals surface area contributed by atoms with E-state index < -0.39 is 15.8 Å². The lowest BCUT2D eigenvalue weighted by Gasteiger charge is -2.18. The van der Waals surface area contributed by atoms with Gasteiger partial charge in [-0.25, -0.2) is 18.8 Å². The van der Waals surface area contributed by atoms with Crippen LogP contribution in [0.1, 0.15) is 64.8 Å². The highest BCUT2D eigenvalue weighted by molar-refractivity contribution is 7.90. The predicted octanol–water partition coefficient (Wildman–Crippen LogP) is 2.74. The van der Waals surface area contributed by atoms with Crippen LogP contribution in [-0.2, 0) is 35.7 Å². The van der Waals surface area contributed by atoms with Gasteiger partial charge < -0.3 is 10.1 Å². The number of ether oxygens (including phenoxy) is 1. The summed E-state index contributed by atoms with van der Waals surface area (Å²) in [5.41, 5.74) is 5.84. The zero-order valence-corrected chi connectivity index (χ0v) is 17.2. The van der Waals surface area contributed by atoms with Crippen molar-refractivity contribution in [3.05, 3.63) is 34.0 Å². The molecule has 0 bridgehead atoms. The number of amides is 1. The number of nitrogens with two attached hydrogens (primary N) is 1. The first-order valence-electron chi connectivity index (χ1n) is 10.1. The van der Waals surface area contributed by atoms with Crippen molar-refractivity contribution in [2.75, 3.05) is 11.9 Å². The van der Waals surface area contributed by atoms with Crippen LogP contribution in [0.15, 0.2) is 11.0 Å². The number of carbonyl (C=O) groups is 1. The summed E-state index contributed by atoms with van der Waals surface area (Å²) in [4.78, 5) is 13.2. The van der Waals surface area contributed by atoms with Gasteiger partial charge in [-0.3, -0.25) is 4.79 Å². The number of aromatic nitrogens is 2. The van der Waals surface area contributed by atoms with Gasteiger partial charge in [-0.15, -0.1) is 0 Å². The molecule has 8 nitrogen and oxygen atoms in total. The molecule has 5 rings (SSSR count). The Morgan fingerprint density at radius 1 is 1.34 bits per heavy atom. The van der Waals surface area contributed by atoms with E-state index in [1.807, 2.05) is 0 Å². The van der Waals surface area contributed by atoms with Crippen LogP contribution in [0.3, 0.4) is 0 Å². The van der Waals surface area contributed by atoms with E-state index in [1.165, 1.54) is 26.9 Å². The highest BCUT2D eigenvalue weighted by atomic mass is 32.2. The van der Waals surface area contributed by atoms with Gasteiger partial charge in [0, 0.05) is 18.7 Å². The van der Waals surface area contributed by atoms with Crippen LogP contribution in [-0.4, -0.2) is 26.5 Å². The summed E-state index contributed by atoms with van der Waals surface area (Å²) < 4.78 is 27.4. The fourth-order valence-corrected chi connectivity index (χ4v) is 5.80. The van der Waals surface area contributed by atoms with E-state index in [-0.39, 0.29) is 16.5 Å². The average molecular weight is 416 g/mol. The molecule has 154 valence electrons. The number of rotatable bonds is 3. The zero-order valence-electron chi connectivity index (χ0n) is 16.4. The third-order valence-electron chi connectivity index (χ3n) is 6.24. The molecule has 0 fully saturated rings. The van der Waals surface area contributed by atoms with E-state index in [9.17, 15) is 9.00 Å². The van der Waals surface area contributed by atoms with E-state index in [0.717, 1.165) is 44.2 Å². The molecule has 0 radical (unpaired) electrons. The largest absolute Gasteiger partial charge is 0.477 e. The van der Waals surface area contributed by atoms with Crippen LogP contribution in [0.5, 0.6) is 5.88 Å². The average Bonchev–Trinajstić information content (AvgIpc) is 3.37. The number of hydrogen-bond acceptors (Lipinski definition) is 5. The third-order valence-corrected chi connectivity index (χ3v) is 7.21. The van der Waals surface area contributed by atoms with Crippen molar-refractivity contribution in [1.82, 2.24) is 9.78 Å². The Hall–Kier alpha value is -2.39. The third kappa shape index (κ3) is 2.95. The van der Waals surface area contributed by atoms with Crippen LogP contribution in [0.4, 0.5) is 5.69 Å². The van der Waals surface area contributed by atoms with Crippen LogP contribution < -0.4 is 15.2 Å². The molecule has 0 saturated carbocycles. The second-order valence-electron chi connectivity index (χ2n) is 8.22. The predicted molar refractivity (Wildman–Crippen MR) is 109 cm³/mol. The summed E-state index contributed by atoms with van der Waals surface area (Å²) in [5.74, 6) is 0.0810. The maximum absolute atomic E-state index is 13.3. The number of anilines is 1. The Kier molecular flexibility index (Phi) is 4.22. The second-order valence-corrected chi connectivity index (χ2v) is 9.83. The molecular formula is C20H25N5O3S. The summed E-state index contributed by atoms with van der Waals surface area (Å²) in [7, 11) is -3.67. The van der Waals surface area contributed by atoms with Crippen molar-refractivity contribution in [3.8, 4) is 5.88 Å². The summed E-state index contributed by atoms with van der Waals surface area (Å²) in [5, 5.41) is 13.0. The standard InChI is InChI=1S/C20H25N5O3S/c1-11-6-7-13-10-12-4-2-5-14(12)16(15(11)13)23-19(26)17-18(29(21,22)27)20-25(24-17)8-3-9-28-20/h10-11H,2-9H2,1H3,(H,23,26)(H3,21,22,27)/t11-/m0/s1. The zero-order chi connectivity index (χ0) is 20.3. The Morgan fingerprint density at radius 3 is 2.97 bits per heavy atom. The van der Waals surface area contributed by atoms with E-state index in [4.69, 9.17) is 14.7 Å². The van der Waals surface area contributed by atoms with E-state index >= 15 is 0 Å². The number of benzene rings is 1. The van der Waals surface area contributed by atoms with Crippen molar-refractivity contribution in [2.45, 2.75) is 62.8 Å². The Bertz CT molecular complexity index is 1140. The Balaban J connectivity index is 1.61. The molecule has 9 heteroatoms. The molecule has 1 aliphatic heterocycles. The molecule has 1 amide bonds. The highest BCUT2D eigenvalue weighted by Crippen LogP contribution is 2.44. The van der Waals surface area contributed by atoms with Gasteiger partial charge in [0.05, 0.1) is 6.61 Å². The smallest absolute Gasteiger partial charge is 0.277 e. The van der Waals surface area contributed by atoms with Gasteiger partial charge in [-0.05, 0) is 60.3 Å². The minimum atomic E-state index is -3.67. The van der Waals surface area contributed by atoms with Crippen molar-refractivity contribution in [3.63, 3.8) is 0 Å². The monoisotopic (exact) mass is 415 g/mol. The van der Waals surface area contributed by atoms with Gasteiger partial charge in [0.2, 0.25) is 5.88 Å². The maximum Gasteiger partial charge on any atom is 0.277 e. The van der Waals surface area contributed by atoms with E-state index in [0.29, 0.717) is 19.1 Å². The summed E-state index contributed by atoms with van der Waals surface area (Å²) in [6.45, 7) is 3.15. The number of hydrogen-bond donors (Lipinski definition) is 3. The summed E-state index contributed by atoms with van der Waals surface area (Å²) in [6.07, 6.45) is 5.87. The number of nitrogens with one attached hydrogen (secondary N) is 2. The topological polar surface area (TPSA) is 123 Å². The van der Waals surface area contributed by atoms with Gasteiger partial charge >= 0.3 is 0 Å². The SMILES string of the molecule is C[C@H]1CCc2cc3c(c(NC(=O)c4nn5c(c4S(=N)(N)=O)OCCC5)c21)CCC3. The van der Waals surface area contributed by atoms with Gasteiger partial charge in [0.1, 0.15) is 9.92 Å². The normalized spacial score (nSPS) is 21.7. The molecule has 1 aromatic heterocycles. The minimum Gasteiger partial charge on any atom is -0.477 e. The lowest BCUT2D eigenvalue weighted by molar-refractivity contribution is 0.101. The van der Waals surface area contributed by atoms with E-state index in [1.54, 1.807) is 0 Å². The molecule has 2 aromatic rings. The van der Waals surface area contributed by atoms with Crippen molar-refractivity contribution in [2.24, 2.45) is 5.14 Å². The first kappa shape index (κ1) is 18.6. The summed E-state index contributed by atoms with van der Waals surface area (Å²) in [6, 6.07) is 2.31. The molecular weight excluding hydrogens is 390 g/mol. The lowest BCUT2D eigenvalue weighted by atomic mass is 9.94. The molecule has 1 aromatic carbocycles. The van der Waals surface area contributed by atoms with Crippen molar-refractivity contribution in [1.29, 1.82) is 4.78 Å². The van der Waals surface area contributed by atoms with Crippen LogP contribution in [0.2, 0.25) is 0 Å². The molecule has 3 aliphatic rings. The molecule has 4 N–H and O–H groups in total. The van der Waals surface area contributed by atoms with Gasteiger partial charge in [-0.2, -0.15) is 5.10 Å². The number of fused-ring (bicyclic) bond motifs is 3. The molecule has 2 atom stereocenters. The second kappa shape index (κ2) is 6.56. The summed E-state index contributed by atoms with van der Waals surface area (Å²) >= 11 is 0. The molecule has 2 aliphatic carbocycles. The Morgan fingerprint density at radius 2 is 2.17 bits per heavy atom. The van der Waals surface area contributed by atoms with Crippen molar-refractivity contribution >= 4 is 21.5 Å². The lowest BCUT2D eigenvalue weighted by Crippen LogP contribution is -2.21. The molecule has 0 spiro atoms. The van der Waals surface area contributed by atoms with Crippen molar-refractivity contribution < 1.29 is 13.7 Å². The van der Waals surface area contributed by atoms with Crippen LogP contribution >= 0.6 is 0 Å². The number of carbonyl (C=O) groups excluding carboxylic acids is 1. The van der Waals surface area contributed by atoms with Gasteiger partial charge in [-0.1, -0.05) is 13.0 Å². The fraction of sp³-hybridized carbons (Fsp3) is 0.500. The van der Waals surface area contributed by atoms with Gasteiger partial charge in [0.25, 0.3) is 5.91 Å². The number of nitrogens with zero attached hydrogens (tertiary/aromatic N) is 2. The first-order chi connectivity index (χ1) is 13.8. The molecule has 29 heavy (non-hydrogen) atoms. The molecule has 1 unspecified atom stereocenters.